The number of aromatic nitrogens is 4. The van der Waals surface area contributed by atoms with E-state index in [1.807, 2.05) is 12.4 Å². The molecule has 1 aliphatic carbocycles. The molecule has 146 valence electrons. The summed E-state index contributed by atoms with van der Waals surface area (Å²) >= 11 is 0. The highest BCUT2D eigenvalue weighted by Crippen LogP contribution is 2.27. The molecule has 2 aliphatic rings. The van der Waals surface area contributed by atoms with Crippen LogP contribution < -0.4 is 4.90 Å². The predicted molar refractivity (Wildman–Crippen MR) is 107 cm³/mol. The molecule has 2 aromatic heterocycles. The summed E-state index contributed by atoms with van der Waals surface area (Å²) in [5, 5.41) is 0. The van der Waals surface area contributed by atoms with E-state index in [1.165, 1.54) is 36.2 Å². The number of nitrogens with zero attached hydrogens (tertiary/aromatic N) is 6. The number of imidazole rings is 1. The molecule has 0 saturated carbocycles. The average molecular weight is 380 g/mol. The Kier molecular flexibility index (Phi) is 4.68. The van der Waals surface area contributed by atoms with E-state index >= 15 is 0 Å². The molecule has 0 spiro atoms. The number of hydrogen-bond acceptors (Lipinski definition) is 5. The summed E-state index contributed by atoms with van der Waals surface area (Å²) in [7, 11) is 0. The Morgan fingerprint density at radius 2 is 1.79 bits per heavy atom. The minimum atomic E-state index is -0.235. The van der Waals surface area contributed by atoms with Crippen LogP contribution >= 0.6 is 0 Å². The molecule has 5 rings (SSSR count). The molecule has 28 heavy (non-hydrogen) atoms. The van der Waals surface area contributed by atoms with E-state index in [0.29, 0.717) is 0 Å². The lowest BCUT2D eigenvalue weighted by molar-refractivity contribution is 0.248. The van der Waals surface area contributed by atoms with Gasteiger partial charge in [0.1, 0.15) is 18.0 Å². The Hall–Kier alpha value is -2.54. The van der Waals surface area contributed by atoms with E-state index in [2.05, 4.69) is 29.3 Å². The van der Waals surface area contributed by atoms with Gasteiger partial charge in [-0.1, -0.05) is 0 Å². The van der Waals surface area contributed by atoms with E-state index in [1.54, 1.807) is 6.33 Å². The van der Waals surface area contributed by atoms with Gasteiger partial charge in [-0.05, 0) is 37.8 Å². The first kappa shape index (κ1) is 17.6. The zero-order valence-corrected chi connectivity index (χ0v) is 16.0. The molecule has 1 fully saturated rings. The number of anilines is 1. The smallest absolute Gasteiger partial charge is 0.135 e. The van der Waals surface area contributed by atoms with Crippen molar-refractivity contribution in [2.24, 2.45) is 0 Å². The Morgan fingerprint density at radius 3 is 2.68 bits per heavy atom. The van der Waals surface area contributed by atoms with Crippen LogP contribution in [0, 0.1) is 5.82 Å². The summed E-state index contributed by atoms with van der Waals surface area (Å²) in [6, 6.07) is 4.81. The molecule has 0 bridgehead atoms. The van der Waals surface area contributed by atoms with Gasteiger partial charge < -0.3 is 9.47 Å². The van der Waals surface area contributed by atoms with Gasteiger partial charge in [-0.2, -0.15) is 0 Å². The third kappa shape index (κ3) is 3.35. The zero-order valence-electron chi connectivity index (χ0n) is 16.0. The molecule has 0 amide bonds. The molecular formula is C21H25FN6. The van der Waals surface area contributed by atoms with Crippen LogP contribution in [-0.4, -0.2) is 57.1 Å². The second kappa shape index (κ2) is 7.47. The molecular weight excluding hydrogens is 355 g/mol. The van der Waals surface area contributed by atoms with Gasteiger partial charge in [-0.25, -0.2) is 19.3 Å². The van der Waals surface area contributed by atoms with Crippen LogP contribution in [0.1, 0.15) is 24.1 Å². The molecule has 0 N–H and O–H groups in total. The number of hydrogen-bond donors (Lipinski definition) is 0. The maximum atomic E-state index is 13.3. The van der Waals surface area contributed by atoms with Gasteiger partial charge in [0.25, 0.3) is 0 Å². The van der Waals surface area contributed by atoms with Crippen molar-refractivity contribution in [2.45, 2.75) is 32.2 Å². The van der Waals surface area contributed by atoms with Crippen LogP contribution in [0.3, 0.4) is 0 Å². The minimum Gasteiger partial charge on any atom is -0.354 e. The highest BCUT2D eigenvalue weighted by Gasteiger charge is 2.23. The fourth-order valence-electron chi connectivity index (χ4n) is 4.42. The molecule has 0 radical (unpaired) electrons. The molecule has 6 nitrogen and oxygen atoms in total. The van der Waals surface area contributed by atoms with Gasteiger partial charge in [0, 0.05) is 56.6 Å². The highest BCUT2D eigenvalue weighted by molar-refractivity contribution is 5.75. The Bertz CT molecular complexity index is 976. The Morgan fingerprint density at radius 1 is 0.929 bits per heavy atom. The van der Waals surface area contributed by atoms with Gasteiger partial charge in [0.15, 0.2) is 0 Å². The van der Waals surface area contributed by atoms with Crippen LogP contribution in [0.2, 0.25) is 0 Å². The number of benzene rings is 1. The Labute approximate surface area is 164 Å². The van der Waals surface area contributed by atoms with E-state index in [9.17, 15) is 4.39 Å². The van der Waals surface area contributed by atoms with Crippen LogP contribution in [0.4, 0.5) is 10.2 Å². The second-order valence-electron chi connectivity index (χ2n) is 7.73. The van der Waals surface area contributed by atoms with Crippen LogP contribution in [-0.2, 0) is 19.4 Å². The summed E-state index contributed by atoms with van der Waals surface area (Å²) < 4.78 is 15.4. The van der Waals surface area contributed by atoms with Gasteiger partial charge in [-0.15, -0.1) is 0 Å². The lowest BCUT2D eigenvalue weighted by atomic mass is 9.96. The largest absolute Gasteiger partial charge is 0.354 e. The summed E-state index contributed by atoms with van der Waals surface area (Å²) in [5.74, 6) is 0.924. The van der Waals surface area contributed by atoms with Crippen molar-refractivity contribution in [1.82, 2.24) is 24.4 Å². The molecule has 1 saturated heterocycles. The molecule has 3 aromatic rings. The molecule has 3 heterocycles. The molecule has 7 heteroatoms. The third-order valence-electron chi connectivity index (χ3n) is 6.01. The maximum Gasteiger partial charge on any atom is 0.135 e. The number of piperazine rings is 1. The summed E-state index contributed by atoms with van der Waals surface area (Å²) in [6.07, 6.45) is 8.24. The number of rotatable bonds is 4. The van der Waals surface area contributed by atoms with Gasteiger partial charge in [-0.3, -0.25) is 4.90 Å². The SMILES string of the molecule is Fc1ccc2c(c1)ncn2CCN1CCN(c2ncnc3c2CCCC3)CC1. The first-order valence-electron chi connectivity index (χ1n) is 10.2. The molecule has 1 aliphatic heterocycles. The summed E-state index contributed by atoms with van der Waals surface area (Å²) in [4.78, 5) is 18.4. The van der Waals surface area contributed by atoms with E-state index in [-0.39, 0.29) is 5.82 Å². The van der Waals surface area contributed by atoms with Crippen LogP contribution in [0.25, 0.3) is 11.0 Å². The Balaban J connectivity index is 1.21. The summed E-state index contributed by atoms with van der Waals surface area (Å²) in [5.41, 5.74) is 4.34. The first-order valence-corrected chi connectivity index (χ1v) is 10.2. The minimum absolute atomic E-state index is 0.235. The van der Waals surface area contributed by atoms with E-state index < -0.39 is 0 Å². The van der Waals surface area contributed by atoms with Crippen LogP contribution in [0.15, 0.2) is 30.9 Å². The van der Waals surface area contributed by atoms with E-state index in [4.69, 9.17) is 0 Å². The fraction of sp³-hybridized carbons (Fsp3) is 0.476. The molecule has 0 atom stereocenters. The quantitative estimate of drug-likeness (QED) is 0.697. The monoisotopic (exact) mass is 380 g/mol. The normalized spacial score (nSPS) is 17.8. The molecule has 1 aromatic carbocycles. The zero-order chi connectivity index (χ0) is 18.9. The van der Waals surface area contributed by atoms with Crippen molar-refractivity contribution in [1.29, 1.82) is 0 Å². The predicted octanol–water partition coefficient (Wildman–Crippen LogP) is 2.67. The molecule has 0 unspecified atom stereocenters. The first-order chi connectivity index (χ1) is 13.8. The van der Waals surface area contributed by atoms with E-state index in [0.717, 1.165) is 69.0 Å². The van der Waals surface area contributed by atoms with Crippen LogP contribution in [0.5, 0.6) is 0 Å². The second-order valence-corrected chi connectivity index (χ2v) is 7.73. The average Bonchev–Trinajstić information content (AvgIpc) is 3.14. The van der Waals surface area contributed by atoms with Gasteiger partial charge >= 0.3 is 0 Å². The van der Waals surface area contributed by atoms with Crippen molar-refractivity contribution in [3.63, 3.8) is 0 Å². The summed E-state index contributed by atoms with van der Waals surface area (Å²) in [6.45, 7) is 5.89. The van der Waals surface area contributed by atoms with Crippen molar-refractivity contribution in [3.8, 4) is 0 Å². The standard InChI is InChI=1S/C21H25FN6/c22-16-5-6-20-19(13-16)25-15-28(20)12-9-26-7-10-27(11-8-26)21-17-3-1-2-4-18(17)23-14-24-21/h5-6,13-15H,1-4,7-12H2. The third-order valence-corrected chi connectivity index (χ3v) is 6.01. The van der Waals surface area contributed by atoms with Crippen molar-refractivity contribution in [3.05, 3.63) is 47.9 Å². The number of halogens is 1. The number of fused-ring (bicyclic) bond motifs is 2. The maximum absolute atomic E-state index is 13.3. The highest BCUT2D eigenvalue weighted by atomic mass is 19.1. The fourth-order valence-corrected chi connectivity index (χ4v) is 4.42. The number of aryl methyl sites for hydroxylation is 1. The van der Waals surface area contributed by atoms with Crippen molar-refractivity contribution < 1.29 is 4.39 Å². The van der Waals surface area contributed by atoms with Crippen molar-refractivity contribution >= 4 is 16.9 Å². The topological polar surface area (TPSA) is 50.1 Å². The van der Waals surface area contributed by atoms with Gasteiger partial charge in [0.05, 0.1) is 17.4 Å². The van der Waals surface area contributed by atoms with Crippen molar-refractivity contribution in [2.75, 3.05) is 37.6 Å². The lowest BCUT2D eigenvalue weighted by Gasteiger charge is -2.36. The van der Waals surface area contributed by atoms with Gasteiger partial charge in [0.2, 0.25) is 0 Å². The lowest BCUT2D eigenvalue weighted by Crippen LogP contribution is -2.48.